The molecule has 2 rings (SSSR count). The summed E-state index contributed by atoms with van der Waals surface area (Å²) in [4.78, 5) is 23.2. The second-order valence-corrected chi connectivity index (χ2v) is 3.69. The molecule has 1 aromatic heterocycles. The summed E-state index contributed by atoms with van der Waals surface area (Å²) in [6.45, 7) is 0.553. The monoisotopic (exact) mass is 255 g/mol. The Labute approximate surface area is 103 Å². The minimum absolute atomic E-state index is 0.126. The van der Waals surface area contributed by atoms with Crippen molar-refractivity contribution in [3.8, 4) is 0 Å². The molecule has 0 unspecified atom stereocenters. The Morgan fingerprint density at radius 1 is 1.53 bits per heavy atom. The van der Waals surface area contributed by atoms with Gasteiger partial charge in [-0.3, -0.25) is 4.84 Å². The number of amides is 1. The predicted octanol–water partition coefficient (Wildman–Crippen LogP) is 1.35. The number of carbonyl (C=O) groups is 1. The molecule has 0 spiro atoms. The molecule has 0 radical (unpaired) electrons. The highest BCUT2D eigenvalue weighted by Crippen LogP contribution is 2.05. The van der Waals surface area contributed by atoms with Gasteiger partial charge >= 0.3 is 6.09 Å². The molecule has 0 saturated carbocycles. The van der Waals surface area contributed by atoms with Crippen molar-refractivity contribution in [1.82, 2.24) is 10.5 Å². The van der Waals surface area contributed by atoms with Crippen LogP contribution in [-0.2, 0) is 16.0 Å². The molecule has 1 aromatic rings. The molecule has 0 fully saturated rings. The van der Waals surface area contributed by atoms with Crippen LogP contribution in [0.3, 0.4) is 0 Å². The van der Waals surface area contributed by atoms with Crippen LogP contribution < -0.4 is 5.48 Å². The van der Waals surface area contributed by atoms with Crippen molar-refractivity contribution in [2.24, 2.45) is 4.99 Å². The van der Waals surface area contributed by atoms with Crippen LogP contribution in [0, 0.1) is 0 Å². The number of halogens is 1. The number of cyclic esters (lactones) is 1. The van der Waals surface area contributed by atoms with E-state index in [2.05, 4.69) is 20.2 Å². The highest BCUT2D eigenvalue weighted by molar-refractivity contribution is 6.29. The standard InChI is InChI=1S/C10H10ClN3O3/c11-8-2-1-7(5-12-8)3-4-17-14-9-6-16-10(15)13-9/h1-2,5H,3-4,6H2,(H,13,14,15). The minimum Gasteiger partial charge on any atom is -0.440 e. The summed E-state index contributed by atoms with van der Waals surface area (Å²) in [5, 5.41) is 0.462. The zero-order valence-electron chi connectivity index (χ0n) is 8.85. The van der Waals surface area contributed by atoms with Gasteiger partial charge in [-0.15, -0.1) is 0 Å². The van der Waals surface area contributed by atoms with Crippen LogP contribution in [0.2, 0.25) is 5.15 Å². The quantitative estimate of drug-likeness (QED) is 0.499. The second kappa shape index (κ2) is 5.60. The average Bonchev–Trinajstić information content (AvgIpc) is 2.73. The highest BCUT2D eigenvalue weighted by atomic mass is 35.5. The average molecular weight is 256 g/mol. The normalized spacial score (nSPS) is 14.4. The van der Waals surface area contributed by atoms with Crippen molar-refractivity contribution < 1.29 is 14.4 Å². The van der Waals surface area contributed by atoms with Gasteiger partial charge in [-0.05, 0) is 18.1 Å². The number of ether oxygens (including phenoxy) is 1. The van der Waals surface area contributed by atoms with E-state index in [1.54, 1.807) is 12.3 Å². The third kappa shape index (κ3) is 3.69. The van der Waals surface area contributed by atoms with Crippen molar-refractivity contribution in [1.29, 1.82) is 0 Å². The van der Waals surface area contributed by atoms with Crippen LogP contribution in [0.1, 0.15) is 5.56 Å². The fourth-order valence-corrected chi connectivity index (χ4v) is 1.33. The first-order chi connectivity index (χ1) is 8.24. The van der Waals surface area contributed by atoms with Crippen molar-refractivity contribution >= 4 is 23.5 Å². The topological polar surface area (TPSA) is 72.8 Å². The maximum atomic E-state index is 10.6. The smallest absolute Gasteiger partial charge is 0.435 e. The molecule has 90 valence electrons. The molecule has 0 atom stereocenters. The molecule has 6 nitrogen and oxygen atoms in total. The Kier molecular flexibility index (Phi) is 3.89. The van der Waals surface area contributed by atoms with Crippen molar-refractivity contribution in [3.63, 3.8) is 0 Å². The first-order valence-electron chi connectivity index (χ1n) is 4.96. The molecule has 1 aliphatic heterocycles. The first-order valence-corrected chi connectivity index (χ1v) is 5.34. The van der Waals surface area contributed by atoms with Gasteiger partial charge in [0.15, 0.2) is 12.4 Å². The molecule has 0 aromatic carbocycles. The van der Waals surface area contributed by atoms with Gasteiger partial charge in [0, 0.05) is 6.20 Å². The van der Waals surface area contributed by atoms with Gasteiger partial charge in [0.1, 0.15) is 5.15 Å². The third-order valence-electron chi connectivity index (χ3n) is 2.03. The largest absolute Gasteiger partial charge is 0.440 e. The Bertz CT molecular complexity index is 433. The molecular weight excluding hydrogens is 246 g/mol. The number of nitrogens with zero attached hydrogens (tertiary/aromatic N) is 2. The summed E-state index contributed by atoms with van der Waals surface area (Å²) in [6.07, 6.45) is 1.77. The lowest BCUT2D eigenvalue weighted by Gasteiger charge is -2.05. The van der Waals surface area contributed by atoms with Crippen LogP contribution >= 0.6 is 11.6 Å². The second-order valence-electron chi connectivity index (χ2n) is 3.30. The van der Waals surface area contributed by atoms with Gasteiger partial charge in [0.25, 0.3) is 0 Å². The molecular formula is C10H10ClN3O3. The number of aliphatic imine (C=N–C) groups is 1. The molecule has 0 aliphatic carbocycles. The number of hydrogen-bond donors (Lipinski definition) is 1. The van der Waals surface area contributed by atoms with Crippen LogP contribution in [0.25, 0.3) is 0 Å². The number of amidine groups is 1. The Hall–Kier alpha value is -1.66. The first kappa shape index (κ1) is 11.8. The molecule has 1 amide bonds. The Morgan fingerprint density at radius 2 is 2.41 bits per heavy atom. The lowest BCUT2D eigenvalue weighted by Crippen LogP contribution is -2.25. The summed E-state index contributed by atoms with van der Waals surface area (Å²) in [5.41, 5.74) is 3.56. The third-order valence-corrected chi connectivity index (χ3v) is 2.25. The van der Waals surface area contributed by atoms with E-state index in [9.17, 15) is 4.79 Å². The fraction of sp³-hybridized carbons (Fsp3) is 0.300. The summed E-state index contributed by atoms with van der Waals surface area (Å²) < 4.78 is 4.58. The molecule has 1 N–H and O–H groups in total. The lowest BCUT2D eigenvalue weighted by atomic mass is 10.2. The van der Waals surface area contributed by atoms with E-state index in [1.165, 1.54) is 0 Å². The zero-order valence-corrected chi connectivity index (χ0v) is 9.61. The van der Waals surface area contributed by atoms with Gasteiger partial charge in [0.05, 0.1) is 6.61 Å². The number of pyridine rings is 1. The number of hydrogen-bond acceptors (Lipinski definition) is 5. The van der Waals surface area contributed by atoms with Crippen molar-refractivity contribution in [2.75, 3.05) is 13.2 Å². The number of rotatable bonds is 4. The van der Waals surface area contributed by atoms with Crippen LogP contribution in [-0.4, -0.2) is 30.1 Å². The van der Waals surface area contributed by atoms with Gasteiger partial charge in [-0.25, -0.2) is 15.3 Å². The van der Waals surface area contributed by atoms with Gasteiger partial charge in [-0.1, -0.05) is 17.7 Å². The minimum atomic E-state index is -0.599. The SMILES string of the molecule is O=C1N=C(NOCCc2ccc(Cl)nc2)CO1. The highest BCUT2D eigenvalue weighted by Gasteiger charge is 2.14. The van der Waals surface area contributed by atoms with E-state index in [-0.39, 0.29) is 6.61 Å². The van der Waals surface area contributed by atoms with E-state index in [0.717, 1.165) is 5.56 Å². The fourth-order valence-electron chi connectivity index (χ4n) is 1.21. The zero-order chi connectivity index (χ0) is 12.1. The maximum absolute atomic E-state index is 10.6. The molecule has 0 saturated heterocycles. The van der Waals surface area contributed by atoms with Crippen LogP contribution in [0.5, 0.6) is 0 Å². The number of nitrogens with one attached hydrogen (secondary N) is 1. The van der Waals surface area contributed by atoms with Gasteiger partial charge < -0.3 is 4.74 Å². The van der Waals surface area contributed by atoms with Crippen LogP contribution in [0.4, 0.5) is 4.79 Å². The summed E-state index contributed by atoms with van der Waals surface area (Å²) >= 11 is 5.66. The molecule has 7 heteroatoms. The summed E-state index contributed by atoms with van der Waals surface area (Å²) in [5.74, 6) is 0.379. The van der Waals surface area contributed by atoms with E-state index in [1.807, 2.05) is 6.07 Å². The van der Waals surface area contributed by atoms with Gasteiger partial charge in [0.2, 0.25) is 0 Å². The number of carbonyl (C=O) groups excluding carboxylic acids is 1. The Morgan fingerprint density at radius 3 is 3.06 bits per heavy atom. The molecule has 0 bridgehead atoms. The van der Waals surface area contributed by atoms with E-state index < -0.39 is 6.09 Å². The molecule has 2 heterocycles. The maximum Gasteiger partial charge on any atom is 0.435 e. The van der Waals surface area contributed by atoms with Crippen LogP contribution in [0.15, 0.2) is 23.3 Å². The summed E-state index contributed by atoms with van der Waals surface area (Å²) in [6, 6.07) is 3.59. The molecule has 17 heavy (non-hydrogen) atoms. The van der Waals surface area contributed by atoms with Gasteiger partial charge in [-0.2, -0.15) is 4.99 Å². The lowest BCUT2D eigenvalue weighted by molar-refractivity contribution is 0.0848. The Balaban J connectivity index is 1.68. The van der Waals surface area contributed by atoms with E-state index in [0.29, 0.717) is 24.0 Å². The summed E-state index contributed by atoms with van der Waals surface area (Å²) in [7, 11) is 0. The van der Waals surface area contributed by atoms with E-state index in [4.69, 9.17) is 16.4 Å². The van der Waals surface area contributed by atoms with Crippen molar-refractivity contribution in [3.05, 3.63) is 29.0 Å². The van der Waals surface area contributed by atoms with Crippen molar-refractivity contribution in [2.45, 2.75) is 6.42 Å². The number of aromatic nitrogens is 1. The van der Waals surface area contributed by atoms with E-state index >= 15 is 0 Å². The predicted molar refractivity (Wildman–Crippen MR) is 60.8 cm³/mol. The molecule has 1 aliphatic rings. The number of hydroxylamine groups is 1.